The highest BCUT2D eigenvalue weighted by Gasteiger charge is 2.55. The number of carbonyl (C=O) groups is 2. The Morgan fingerprint density at radius 3 is 2.71 bits per heavy atom. The van der Waals surface area contributed by atoms with Gasteiger partial charge in [-0.3, -0.25) is 9.59 Å². The summed E-state index contributed by atoms with van der Waals surface area (Å²) in [5.41, 5.74) is -0.348. The molecule has 0 unspecified atom stereocenters. The van der Waals surface area contributed by atoms with Gasteiger partial charge in [0.25, 0.3) is 5.91 Å². The van der Waals surface area contributed by atoms with Crippen molar-refractivity contribution in [2.45, 2.75) is 6.42 Å². The van der Waals surface area contributed by atoms with Crippen LogP contribution in [0.2, 0.25) is 0 Å². The normalized spacial score (nSPS) is 26.3. The zero-order chi connectivity index (χ0) is 16.7. The van der Waals surface area contributed by atoms with E-state index in [1.165, 1.54) is 0 Å². The van der Waals surface area contributed by atoms with Gasteiger partial charge < -0.3 is 14.7 Å². The molecule has 2 aliphatic rings. The molecule has 4 rings (SSSR count). The van der Waals surface area contributed by atoms with Crippen LogP contribution in [0, 0.1) is 11.3 Å². The average Bonchev–Trinajstić information content (AvgIpc) is 3.02. The first-order chi connectivity index (χ1) is 11.6. The second kappa shape index (κ2) is 5.60. The fourth-order valence-electron chi connectivity index (χ4n) is 3.95. The number of rotatable bonds is 2. The molecule has 24 heavy (non-hydrogen) atoms. The number of aliphatic carboxylic acids is 1. The van der Waals surface area contributed by atoms with Crippen molar-refractivity contribution >= 4 is 22.6 Å². The van der Waals surface area contributed by atoms with E-state index >= 15 is 0 Å². The molecule has 2 aliphatic heterocycles. The summed E-state index contributed by atoms with van der Waals surface area (Å²) in [5, 5.41) is 11.8. The van der Waals surface area contributed by atoms with Crippen LogP contribution in [0.15, 0.2) is 42.5 Å². The molecule has 0 spiro atoms. The van der Waals surface area contributed by atoms with Crippen LogP contribution in [-0.2, 0) is 9.53 Å². The zero-order valence-electron chi connectivity index (χ0n) is 13.3. The Morgan fingerprint density at radius 2 is 1.96 bits per heavy atom. The number of carboxylic acid groups (broad SMARTS) is 1. The highest BCUT2D eigenvalue weighted by atomic mass is 16.5. The second-order valence-corrected chi connectivity index (χ2v) is 6.75. The van der Waals surface area contributed by atoms with Crippen molar-refractivity contribution in [3.63, 3.8) is 0 Å². The lowest BCUT2D eigenvalue weighted by Gasteiger charge is -2.33. The SMILES string of the molecule is O=C(c1ccc2ccccc2c1)N1C[C@@H]2CCOC[C@]2(C(=O)O)C1. The van der Waals surface area contributed by atoms with E-state index in [9.17, 15) is 14.7 Å². The first kappa shape index (κ1) is 15.1. The molecule has 0 bridgehead atoms. The van der Waals surface area contributed by atoms with Crippen molar-refractivity contribution < 1.29 is 19.4 Å². The molecule has 0 radical (unpaired) electrons. The Morgan fingerprint density at radius 1 is 1.17 bits per heavy atom. The fourth-order valence-corrected chi connectivity index (χ4v) is 3.95. The number of benzene rings is 2. The summed E-state index contributed by atoms with van der Waals surface area (Å²) in [7, 11) is 0. The van der Waals surface area contributed by atoms with Crippen LogP contribution >= 0.6 is 0 Å². The van der Waals surface area contributed by atoms with Crippen molar-refractivity contribution in [1.29, 1.82) is 0 Å². The predicted octanol–water partition coefficient (Wildman–Crippen LogP) is 2.40. The maximum Gasteiger partial charge on any atom is 0.314 e. The lowest BCUT2D eigenvalue weighted by molar-refractivity contribution is -0.159. The number of ether oxygens (including phenoxy) is 1. The molecular formula is C19H19NO4. The van der Waals surface area contributed by atoms with Crippen molar-refractivity contribution in [2.24, 2.45) is 11.3 Å². The zero-order valence-corrected chi connectivity index (χ0v) is 13.3. The molecule has 1 amide bonds. The molecule has 5 nitrogen and oxygen atoms in total. The number of likely N-dealkylation sites (tertiary alicyclic amines) is 1. The minimum atomic E-state index is -0.954. The van der Waals surface area contributed by atoms with Gasteiger partial charge in [-0.05, 0) is 35.2 Å². The van der Waals surface area contributed by atoms with Gasteiger partial charge in [0, 0.05) is 25.3 Å². The summed E-state index contributed by atoms with van der Waals surface area (Å²) in [4.78, 5) is 26.4. The molecule has 2 fully saturated rings. The van der Waals surface area contributed by atoms with Gasteiger partial charge >= 0.3 is 5.97 Å². The minimum absolute atomic E-state index is 0.0341. The Labute approximate surface area is 139 Å². The lowest BCUT2D eigenvalue weighted by atomic mass is 9.76. The largest absolute Gasteiger partial charge is 0.481 e. The van der Waals surface area contributed by atoms with Gasteiger partial charge in [0.2, 0.25) is 0 Å². The van der Waals surface area contributed by atoms with Gasteiger partial charge in [0.15, 0.2) is 0 Å². The molecule has 2 heterocycles. The number of carbonyl (C=O) groups excluding carboxylic acids is 1. The number of hydrogen-bond donors (Lipinski definition) is 1. The molecule has 2 aromatic carbocycles. The molecule has 124 valence electrons. The van der Waals surface area contributed by atoms with Gasteiger partial charge in [-0.2, -0.15) is 0 Å². The third-order valence-corrected chi connectivity index (χ3v) is 5.38. The maximum absolute atomic E-state index is 12.9. The highest BCUT2D eigenvalue weighted by molar-refractivity contribution is 5.99. The van der Waals surface area contributed by atoms with E-state index < -0.39 is 11.4 Å². The van der Waals surface area contributed by atoms with Crippen molar-refractivity contribution in [1.82, 2.24) is 4.90 Å². The predicted molar refractivity (Wildman–Crippen MR) is 88.8 cm³/mol. The lowest BCUT2D eigenvalue weighted by Crippen LogP contribution is -2.46. The van der Waals surface area contributed by atoms with Crippen molar-refractivity contribution in [3.8, 4) is 0 Å². The van der Waals surface area contributed by atoms with Crippen molar-refractivity contribution in [3.05, 3.63) is 48.0 Å². The Balaban J connectivity index is 1.63. The Bertz CT molecular complexity index is 818. The van der Waals surface area contributed by atoms with E-state index in [2.05, 4.69) is 0 Å². The maximum atomic E-state index is 12.9. The van der Waals surface area contributed by atoms with E-state index in [0.29, 0.717) is 25.1 Å². The summed E-state index contributed by atoms with van der Waals surface area (Å²) in [6.45, 7) is 1.46. The third kappa shape index (κ3) is 2.27. The van der Waals surface area contributed by atoms with Gasteiger partial charge in [-0.25, -0.2) is 0 Å². The molecule has 0 aliphatic carbocycles. The minimum Gasteiger partial charge on any atom is -0.481 e. The molecule has 0 aromatic heterocycles. The summed E-state index contributed by atoms with van der Waals surface area (Å²) >= 11 is 0. The Hall–Kier alpha value is -2.40. The Kier molecular flexibility index (Phi) is 3.53. The standard InChI is InChI=1S/C19H19NO4/c21-17(15-6-5-13-3-1-2-4-14(13)9-15)20-10-16-7-8-24-12-19(16,11-20)18(22)23/h1-6,9,16H,7-8,10-12H2,(H,22,23)/t16-,19+/m0/s1. The van der Waals surface area contributed by atoms with Crippen LogP contribution in [0.25, 0.3) is 10.8 Å². The summed E-state index contributed by atoms with van der Waals surface area (Å²) in [5.74, 6) is -0.995. The van der Waals surface area contributed by atoms with Gasteiger partial charge in [0.1, 0.15) is 5.41 Å². The van der Waals surface area contributed by atoms with E-state index in [-0.39, 0.29) is 25.0 Å². The van der Waals surface area contributed by atoms with E-state index in [1.807, 2.05) is 42.5 Å². The van der Waals surface area contributed by atoms with Crippen LogP contribution < -0.4 is 0 Å². The van der Waals surface area contributed by atoms with Gasteiger partial charge in [-0.15, -0.1) is 0 Å². The van der Waals surface area contributed by atoms with E-state index in [0.717, 1.165) is 10.8 Å². The van der Waals surface area contributed by atoms with E-state index in [1.54, 1.807) is 4.90 Å². The average molecular weight is 325 g/mol. The third-order valence-electron chi connectivity index (χ3n) is 5.38. The molecule has 2 aromatic rings. The monoisotopic (exact) mass is 325 g/mol. The highest BCUT2D eigenvalue weighted by Crippen LogP contribution is 2.42. The van der Waals surface area contributed by atoms with Crippen molar-refractivity contribution in [2.75, 3.05) is 26.3 Å². The smallest absolute Gasteiger partial charge is 0.314 e. The van der Waals surface area contributed by atoms with Crippen LogP contribution in [0.1, 0.15) is 16.8 Å². The second-order valence-electron chi connectivity index (χ2n) is 6.75. The van der Waals surface area contributed by atoms with Crippen LogP contribution in [0.3, 0.4) is 0 Å². The molecule has 2 atom stereocenters. The van der Waals surface area contributed by atoms with Crippen LogP contribution in [0.5, 0.6) is 0 Å². The number of hydrogen-bond acceptors (Lipinski definition) is 3. The van der Waals surface area contributed by atoms with Crippen LogP contribution in [-0.4, -0.2) is 48.2 Å². The summed E-state index contributed by atoms with van der Waals surface area (Å²) in [6, 6.07) is 13.5. The van der Waals surface area contributed by atoms with E-state index in [4.69, 9.17) is 4.74 Å². The van der Waals surface area contributed by atoms with Crippen LogP contribution in [0.4, 0.5) is 0 Å². The number of amides is 1. The van der Waals surface area contributed by atoms with Gasteiger partial charge in [0.05, 0.1) is 6.61 Å². The van der Waals surface area contributed by atoms with Gasteiger partial charge in [-0.1, -0.05) is 30.3 Å². The first-order valence-corrected chi connectivity index (χ1v) is 8.19. The summed E-state index contributed by atoms with van der Waals surface area (Å²) < 4.78 is 5.42. The fraction of sp³-hybridized carbons (Fsp3) is 0.368. The summed E-state index contributed by atoms with van der Waals surface area (Å²) in [6.07, 6.45) is 0.688. The number of nitrogens with zero attached hydrogens (tertiary/aromatic N) is 1. The number of fused-ring (bicyclic) bond motifs is 2. The quantitative estimate of drug-likeness (QED) is 0.921. The molecular weight excluding hydrogens is 306 g/mol. The molecule has 1 N–H and O–H groups in total. The molecule has 5 heteroatoms. The topological polar surface area (TPSA) is 66.8 Å². The number of carboxylic acids is 1. The first-order valence-electron chi connectivity index (χ1n) is 8.19. The molecule has 0 saturated carbocycles. The molecule has 2 saturated heterocycles.